The zero-order chi connectivity index (χ0) is 8.39. The number of aryl methyl sites for hydroxylation is 2. The first-order valence-electron chi connectivity index (χ1n) is 3.90. The van der Waals surface area contributed by atoms with Gasteiger partial charge in [-0.05, 0) is 24.8 Å². The number of nitrogens with one attached hydrogen (secondary N) is 1. The van der Waals surface area contributed by atoms with Gasteiger partial charge in [0.15, 0.2) is 6.19 Å². The molecule has 1 heterocycles. The van der Waals surface area contributed by atoms with Crippen molar-refractivity contribution in [3.63, 3.8) is 0 Å². The fourth-order valence-electron chi connectivity index (χ4n) is 1.42. The average Bonchev–Trinajstić information content (AvgIpc) is 2.51. The molecule has 0 spiro atoms. The van der Waals surface area contributed by atoms with E-state index in [1.807, 2.05) is 0 Å². The Morgan fingerprint density at radius 1 is 1.50 bits per heavy atom. The van der Waals surface area contributed by atoms with Crippen LogP contribution in [0.3, 0.4) is 0 Å². The average molecular weight is 160 g/mol. The van der Waals surface area contributed by atoms with Crippen LogP contribution in [0.4, 0.5) is 5.95 Å². The Morgan fingerprint density at radius 2 is 2.42 bits per heavy atom. The van der Waals surface area contributed by atoms with E-state index in [1.165, 1.54) is 5.56 Å². The van der Waals surface area contributed by atoms with Crippen LogP contribution in [0.15, 0.2) is 6.20 Å². The second-order valence-corrected chi connectivity index (χ2v) is 2.76. The van der Waals surface area contributed by atoms with Crippen LogP contribution in [-0.4, -0.2) is 9.97 Å². The minimum absolute atomic E-state index is 0.415. The molecule has 1 aliphatic rings. The SMILES string of the molecule is N#CNc1ncc2c(n1)CCC2. The van der Waals surface area contributed by atoms with Crippen LogP contribution in [0.2, 0.25) is 0 Å². The quantitative estimate of drug-likeness (QED) is 0.489. The first kappa shape index (κ1) is 7.04. The van der Waals surface area contributed by atoms with Gasteiger partial charge in [-0.15, -0.1) is 0 Å². The van der Waals surface area contributed by atoms with Crippen LogP contribution in [-0.2, 0) is 12.8 Å². The zero-order valence-corrected chi connectivity index (χ0v) is 6.54. The Labute approximate surface area is 70.3 Å². The van der Waals surface area contributed by atoms with E-state index in [9.17, 15) is 0 Å². The van der Waals surface area contributed by atoms with Crippen LogP contribution in [0, 0.1) is 11.5 Å². The summed E-state index contributed by atoms with van der Waals surface area (Å²) in [5.74, 6) is 0.415. The fraction of sp³-hybridized carbons (Fsp3) is 0.375. The number of hydrogen-bond acceptors (Lipinski definition) is 4. The third-order valence-electron chi connectivity index (χ3n) is 1.98. The second-order valence-electron chi connectivity index (χ2n) is 2.76. The molecular formula is C8H8N4. The van der Waals surface area contributed by atoms with Gasteiger partial charge in [0.2, 0.25) is 5.95 Å². The van der Waals surface area contributed by atoms with Crippen molar-refractivity contribution in [3.8, 4) is 6.19 Å². The maximum absolute atomic E-state index is 8.33. The highest BCUT2D eigenvalue weighted by atomic mass is 15.1. The Morgan fingerprint density at radius 3 is 3.25 bits per heavy atom. The topological polar surface area (TPSA) is 61.6 Å². The Hall–Kier alpha value is -1.63. The van der Waals surface area contributed by atoms with Gasteiger partial charge in [0.25, 0.3) is 0 Å². The van der Waals surface area contributed by atoms with Gasteiger partial charge < -0.3 is 0 Å². The predicted molar refractivity (Wildman–Crippen MR) is 43.3 cm³/mol. The van der Waals surface area contributed by atoms with Crippen LogP contribution in [0.1, 0.15) is 17.7 Å². The van der Waals surface area contributed by atoms with Crippen LogP contribution >= 0.6 is 0 Å². The standard InChI is InChI=1S/C8H8N4/c9-5-11-8-10-4-6-2-1-3-7(6)12-8/h4H,1-3H2,(H,10,11,12). The summed E-state index contributed by atoms with van der Waals surface area (Å²) in [5.41, 5.74) is 2.31. The fourth-order valence-corrected chi connectivity index (χ4v) is 1.42. The maximum atomic E-state index is 8.33. The summed E-state index contributed by atoms with van der Waals surface area (Å²) in [5, 5.41) is 10.7. The minimum Gasteiger partial charge on any atom is -0.261 e. The molecule has 1 N–H and O–H groups in total. The molecule has 1 aromatic rings. The third-order valence-corrected chi connectivity index (χ3v) is 1.98. The summed E-state index contributed by atoms with van der Waals surface area (Å²) in [7, 11) is 0. The molecule has 0 fully saturated rings. The van der Waals surface area contributed by atoms with E-state index in [4.69, 9.17) is 5.26 Å². The molecule has 0 amide bonds. The number of rotatable bonds is 1. The molecule has 0 atom stereocenters. The highest BCUT2D eigenvalue weighted by Crippen LogP contribution is 2.19. The van der Waals surface area contributed by atoms with Crippen molar-refractivity contribution in [2.75, 3.05) is 5.32 Å². The van der Waals surface area contributed by atoms with E-state index in [0.29, 0.717) is 5.95 Å². The summed E-state index contributed by atoms with van der Waals surface area (Å²) in [6, 6.07) is 0. The van der Waals surface area contributed by atoms with Gasteiger partial charge in [-0.2, -0.15) is 5.26 Å². The van der Waals surface area contributed by atoms with Gasteiger partial charge in [0.05, 0.1) is 0 Å². The largest absolute Gasteiger partial charge is 0.261 e. The van der Waals surface area contributed by atoms with Gasteiger partial charge >= 0.3 is 0 Å². The van der Waals surface area contributed by atoms with E-state index in [0.717, 1.165) is 25.0 Å². The van der Waals surface area contributed by atoms with Crippen molar-refractivity contribution in [1.82, 2.24) is 9.97 Å². The smallest absolute Gasteiger partial charge is 0.236 e. The van der Waals surface area contributed by atoms with Gasteiger partial charge in [0.1, 0.15) is 0 Å². The molecule has 60 valence electrons. The molecule has 0 aliphatic heterocycles. The van der Waals surface area contributed by atoms with E-state index < -0.39 is 0 Å². The number of nitrogens with zero attached hydrogens (tertiary/aromatic N) is 3. The van der Waals surface area contributed by atoms with E-state index in [1.54, 1.807) is 12.4 Å². The van der Waals surface area contributed by atoms with Crippen molar-refractivity contribution in [1.29, 1.82) is 5.26 Å². The van der Waals surface area contributed by atoms with Crippen molar-refractivity contribution in [2.45, 2.75) is 19.3 Å². The molecule has 2 rings (SSSR count). The lowest BCUT2D eigenvalue weighted by molar-refractivity contribution is 0.900. The third kappa shape index (κ3) is 1.10. The number of aromatic nitrogens is 2. The molecule has 1 aliphatic carbocycles. The maximum Gasteiger partial charge on any atom is 0.236 e. The summed E-state index contributed by atoms with van der Waals surface area (Å²) >= 11 is 0. The minimum atomic E-state index is 0.415. The normalized spacial score (nSPS) is 13.6. The van der Waals surface area contributed by atoms with E-state index in [2.05, 4.69) is 15.3 Å². The number of hydrogen-bond donors (Lipinski definition) is 1. The Bertz CT molecular complexity index is 339. The lowest BCUT2D eigenvalue weighted by Crippen LogP contribution is -1.98. The molecule has 0 saturated heterocycles. The van der Waals surface area contributed by atoms with Gasteiger partial charge in [-0.1, -0.05) is 0 Å². The van der Waals surface area contributed by atoms with Gasteiger partial charge in [0, 0.05) is 11.9 Å². The molecule has 0 radical (unpaired) electrons. The van der Waals surface area contributed by atoms with E-state index >= 15 is 0 Å². The monoisotopic (exact) mass is 160 g/mol. The molecule has 0 unspecified atom stereocenters. The van der Waals surface area contributed by atoms with Crippen LogP contribution in [0.25, 0.3) is 0 Å². The van der Waals surface area contributed by atoms with Crippen molar-refractivity contribution < 1.29 is 0 Å². The molecule has 12 heavy (non-hydrogen) atoms. The Balaban J connectivity index is 2.34. The van der Waals surface area contributed by atoms with Gasteiger partial charge in [-0.25, -0.2) is 9.97 Å². The Kier molecular flexibility index (Phi) is 1.63. The second kappa shape index (κ2) is 2.78. The predicted octanol–water partition coefficient (Wildman–Crippen LogP) is 0.858. The first-order valence-corrected chi connectivity index (χ1v) is 3.90. The van der Waals surface area contributed by atoms with Crippen LogP contribution < -0.4 is 5.32 Å². The summed E-state index contributed by atoms with van der Waals surface area (Å²) in [4.78, 5) is 8.19. The summed E-state index contributed by atoms with van der Waals surface area (Å²) in [6.45, 7) is 0. The highest BCUT2D eigenvalue weighted by molar-refractivity contribution is 5.34. The zero-order valence-electron chi connectivity index (χ0n) is 6.54. The lowest BCUT2D eigenvalue weighted by Gasteiger charge is -1.98. The van der Waals surface area contributed by atoms with Crippen molar-refractivity contribution in [2.24, 2.45) is 0 Å². The molecule has 4 nitrogen and oxygen atoms in total. The number of fused-ring (bicyclic) bond motifs is 1. The lowest BCUT2D eigenvalue weighted by atomic mass is 10.3. The van der Waals surface area contributed by atoms with Crippen LogP contribution in [0.5, 0.6) is 0 Å². The summed E-state index contributed by atoms with van der Waals surface area (Å²) < 4.78 is 0. The molecule has 0 bridgehead atoms. The van der Waals surface area contributed by atoms with Crippen molar-refractivity contribution >= 4 is 5.95 Å². The van der Waals surface area contributed by atoms with E-state index in [-0.39, 0.29) is 0 Å². The highest BCUT2D eigenvalue weighted by Gasteiger charge is 2.12. The molecular weight excluding hydrogens is 152 g/mol. The molecule has 0 saturated carbocycles. The first-order chi connectivity index (χ1) is 5.90. The summed E-state index contributed by atoms with van der Waals surface area (Å²) in [6.07, 6.45) is 6.84. The molecule has 1 aromatic heterocycles. The molecule has 4 heteroatoms. The number of nitriles is 1. The number of anilines is 1. The van der Waals surface area contributed by atoms with Crippen molar-refractivity contribution in [3.05, 3.63) is 17.5 Å². The molecule has 0 aromatic carbocycles. The van der Waals surface area contributed by atoms with Gasteiger partial charge in [-0.3, -0.25) is 5.32 Å².